The summed E-state index contributed by atoms with van der Waals surface area (Å²) in [5.41, 5.74) is 0.802. The number of amides is 1. The first-order valence-corrected chi connectivity index (χ1v) is 7.95. The Balaban J connectivity index is 1.71. The molecule has 1 amide bonds. The van der Waals surface area contributed by atoms with Gasteiger partial charge in [-0.15, -0.1) is 0 Å². The first kappa shape index (κ1) is 18.7. The van der Waals surface area contributed by atoms with Crippen LogP contribution in [0.15, 0.2) is 48.5 Å². The highest BCUT2D eigenvalue weighted by Crippen LogP contribution is 2.15. The molecule has 2 rings (SSSR count). The summed E-state index contributed by atoms with van der Waals surface area (Å²) in [6.45, 7) is 0.272. The Kier molecular flexibility index (Phi) is 6.77. The molecule has 0 aliphatic heterocycles. The third kappa shape index (κ3) is 5.76. The molecule has 4 nitrogen and oxygen atoms in total. The van der Waals surface area contributed by atoms with Gasteiger partial charge in [0.25, 0.3) is 0 Å². The van der Waals surface area contributed by atoms with Crippen LogP contribution in [0.4, 0.5) is 8.78 Å². The van der Waals surface area contributed by atoms with E-state index in [1.165, 1.54) is 6.07 Å². The minimum absolute atomic E-state index is 0.0335. The van der Waals surface area contributed by atoms with Crippen molar-refractivity contribution >= 4 is 11.7 Å². The van der Waals surface area contributed by atoms with Crippen molar-refractivity contribution in [1.82, 2.24) is 5.32 Å². The van der Waals surface area contributed by atoms with E-state index in [0.29, 0.717) is 6.42 Å². The summed E-state index contributed by atoms with van der Waals surface area (Å²) < 4.78 is 25.9. The van der Waals surface area contributed by atoms with Crippen molar-refractivity contribution in [2.24, 2.45) is 0 Å². The van der Waals surface area contributed by atoms with Crippen LogP contribution in [0.1, 0.15) is 41.3 Å². The first-order chi connectivity index (χ1) is 12.0. The van der Waals surface area contributed by atoms with Crippen molar-refractivity contribution in [2.75, 3.05) is 6.54 Å². The van der Waals surface area contributed by atoms with Crippen LogP contribution in [0, 0.1) is 11.6 Å². The molecule has 0 heterocycles. The molecule has 0 radical (unpaired) electrons. The monoisotopic (exact) mass is 347 g/mol. The number of hydrogen-bond acceptors (Lipinski definition) is 3. The number of hydrogen-bond donors (Lipinski definition) is 2. The van der Waals surface area contributed by atoms with E-state index in [1.807, 2.05) is 18.2 Å². The van der Waals surface area contributed by atoms with Crippen molar-refractivity contribution in [2.45, 2.75) is 25.4 Å². The summed E-state index contributed by atoms with van der Waals surface area (Å²) in [5.74, 6) is -2.88. The maximum atomic E-state index is 13.1. The van der Waals surface area contributed by atoms with Gasteiger partial charge in [-0.05, 0) is 30.2 Å². The number of aliphatic hydroxyl groups excluding tert-OH is 1. The highest BCUT2D eigenvalue weighted by atomic mass is 19.2. The van der Waals surface area contributed by atoms with E-state index in [1.54, 1.807) is 12.1 Å². The quantitative estimate of drug-likeness (QED) is 0.721. The molecule has 1 unspecified atom stereocenters. The second-order valence-electron chi connectivity index (χ2n) is 5.62. The number of halogens is 2. The predicted molar refractivity (Wildman–Crippen MR) is 89.0 cm³/mol. The van der Waals surface area contributed by atoms with Gasteiger partial charge in [-0.2, -0.15) is 0 Å². The Labute approximate surface area is 144 Å². The molecule has 132 valence electrons. The highest BCUT2D eigenvalue weighted by molar-refractivity contribution is 5.97. The number of Topliss-reactive ketones (excluding diaryl/α,β-unsaturated/α-hetero) is 1. The van der Waals surface area contributed by atoms with Crippen LogP contribution in [0.5, 0.6) is 0 Å². The van der Waals surface area contributed by atoms with Crippen molar-refractivity contribution in [3.63, 3.8) is 0 Å². The lowest BCUT2D eigenvalue weighted by molar-refractivity contribution is -0.121. The third-order valence-corrected chi connectivity index (χ3v) is 3.74. The molecule has 1 atom stereocenters. The van der Waals surface area contributed by atoms with Crippen LogP contribution >= 0.6 is 0 Å². The lowest BCUT2D eigenvalue weighted by Gasteiger charge is -2.11. The first-order valence-electron chi connectivity index (χ1n) is 7.95. The molecule has 0 saturated carbocycles. The average molecular weight is 347 g/mol. The topological polar surface area (TPSA) is 66.4 Å². The van der Waals surface area contributed by atoms with Crippen LogP contribution in [-0.2, 0) is 4.79 Å². The van der Waals surface area contributed by atoms with E-state index < -0.39 is 23.5 Å². The fourth-order valence-corrected chi connectivity index (χ4v) is 2.32. The molecular formula is C19H19F2NO3. The van der Waals surface area contributed by atoms with Crippen LogP contribution in [-0.4, -0.2) is 23.3 Å². The minimum atomic E-state index is -1.09. The van der Waals surface area contributed by atoms with Gasteiger partial charge in [-0.25, -0.2) is 8.78 Å². The van der Waals surface area contributed by atoms with Crippen molar-refractivity contribution < 1.29 is 23.5 Å². The summed E-state index contributed by atoms with van der Waals surface area (Å²) in [4.78, 5) is 23.6. The minimum Gasteiger partial charge on any atom is -0.388 e. The van der Waals surface area contributed by atoms with Gasteiger partial charge < -0.3 is 10.4 Å². The SMILES string of the molecule is O=C(CCC(=O)c1ccc(F)c(F)c1)NCCC(O)c1ccccc1. The number of aliphatic hydroxyl groups is 1. The zero-order valence-electron chi connectivity index (χ0n) is 13.5. The number of carbonyl (C=O) groups excluding carboxylic acids is 2. The van der Waals surface area contributed by atoms with Gasteiger partial charge in [0.15, 0.2) is 17.4 Å². The molecule has 25 heavy (non-hydrogen) atoms. The van der Waals surface area contributed by atoms with Crippen molar-refractivity contribution in [1.29, 1.82) is 0 Å². The van der Waals surface area contributed by atoms with Crippen LogP contribution in [0.3, 0.4) is 0 Å². The maximum Gasteiger partial charge on any atom is 0.220 e. The standard InChI is InChI=1S/C19H19F2NO3/c20-15-7-6-14(12-16(15)21)17(23)8-9-19(25)22-11-10-18(24)13-4-2-1-3-5-13/h1-7,12,18,24H,8-11H2,(H,22,25). The summed E-state index contributed by atoms with van der Waals surface area (Å²) in [6.07, 6.45) is -0.477. The zero-order valence-corrected chi connectivity index (χ0v) is 13.5. The molecule has 0 saturated heterocycles. The molecule has 0 aliphatic rings. The lowest BCUT2D eigenvalue weighted by Crippen LogP contribution is -2.26. The smallest absolute Gasteiger partial charge is 0.220 e. The number of carbonyl (C=O) groups is 2. The van der Waals surface area contributed by atoms with Gasteiger partial charge in [-0.1, -0.05) is 30.3 Å². The van der Waals surface area contributed by atoms with E-state index in [2.05, 4.69) is 5.32 Å². The Bertz CT molecular complexity index is 735. The van der Waals surface area contributed by atoms with Crippen molar-refractivity contribution in [3.8, 4) is 0 Å². The van der Waals surface area contributed by atoms with E-state index in [9.17, 15) is 23.5 Å². The third-order valence-electron chi connectivity index (χ3n) is 3.74. The van der Waals surface area contributed by atoms with Crippen LogP contribution < -0.4 is 5.32 Å². The van der Waals surface area contributed by atoms with Gasteiger partial charge in [0.1, 0.15) is 0 Å². The largest absolute Gasteiger partial charge is 0.388 e. The number of benzene rings is 2. The van der Waals surface area contributed by atoms with Crippen LogP contribution in [0.25, 0.3) is 0 Å². The van der Waals surface area contributed by atoms with Gasteiger partial charge in [0, 0.05) is 24.9 Å². The summed E-state index contributed by atoms with van der Waals surface area (Å²) >= 11 is 0. The van der Waals surface area contributed by atoms with E-state index in [-0.39, 0.29) is 30.9 Å². The number of nitrogens with one attached hydrogen (secondary N) is 1. The van der Waals surface area contributed by atoms with Gasteiger partial charge in [0.2, 0.25) is 5.91 Å². The van der Waals surface area contributed by atoms with Crippen molar-refractivity contribution in [3.05, 3.63) is 71.3 Å². The Morgan fingerprint density at radius 2 is 1.72 bits per heavy atom. The Hall–Kier alpha value is -2.60. The Morgan fingerprint density at radius 3 is 2.40 bits per heavy atom. The predicted octanol–water partition coefficient (Wildman–Crippen LogP) is 3.17. The molecular weight excluding hydrogens is 328 g/mol. The summed E-state index contributed by atoms with van der Waals surface area (Å²) in [5, 5.41) is 12.6. The van der Waals surface area contributed by atoms with Gasteiger partial charge in [-0.3, -0.25) is 9.59 Å². The molecule has 0 bridgehead atoms. The second-order valence-corrected chi connectivity index (χ2v) is 5.62. The molecule has 0 aromatic heterocycles. The molecule has 2 N–H and O–H groups in total. The van der Waals surface area contributed by atoms with Crippen LogP contribution in [0.2, 0.25) is 0 Å². The van der Waals surface area contributed by atoms with Gasteiger partial charge >= 0.3 is 0 Å². The summed E-state index contributed by atoms with van der Waals surface area (Å²) in [6, 6.07) is 12.0. The summed E-state index contributed by atoms with van der Waals surface area (Å²) in [7, 11) is 0. The van der Waals surface area contributed by atoms with E-state index >= 15 is 0 Å². The highest BCUT2D eigenvalue weighted by Gasteiger charge is 2.12. The average Bonchev–Trinajstić information content (AvgIpc) is 2.62. The Morgan fingerprint density at radius 1 is 1.00 bits per heavy atom. The van der Waals surface area contributed by atoms with Gasteiger partial charge in [0.05, 0.1) is 6.10 Å². The fraction of sp³-hybridized carbons (Fsp3) is 0.263. The molecule has 0 spiro atoms. The normalized spacial score (nSPS) is 11.8. The number of ketones is 1. The van der Waals surface area contributed by atoms with E-state index in [4.69, 9.17) is 0 Å². The molecule has 2 aromatic carbocycles. The molecule has 2 aromatic rings. The lowest BCUT2D eigenvalue weighted by atomic mass is 10.1. The molecule has 0 fully saturated rings. The molecule has 6 heteroatoms. The molecule has 0 aliphatic carbocycles. The van der Waals surface area contributed by atoms with E-state index in [0.717, 1.165) is 17.7 Å². The number of rotatable bonds is 8. The maximum absolute atomic E-state index is 13.1. The fourth-order valence-electron chi connectivity index (χ4n) is 2.32. The second kappa shape index (κ2) is 9.03. The zero-order chi connectivity index (χ0) is 18.2.